The van der Waals surface area contributed by atoms with E-state index in [-0.39, 0.29) is 39.4 Å². The summed E-state index contributed by atoms with van der Waals surface area (Å²) < 4.78 is 78.0. The summed E-state index contributed by atoms with van der Waals surface area (Å²) in [6, 6.07) is 3.33. The number of aryl methyl sites for hydroxylation is 1. The number of alkyl halides is 3. The number of halogens is 4. The van der Waals surface area contributed by atoms with E-state index in [1.807, 2.05) is 0 Å². The lowest BCUT2D eigenvalue weighted by Gasteiger charge is -2.41. The number of nitrogens with one attached hydrogen (secondary N) is 2. The van der Waals surface area contributed by atoms with Gasteiger partial charge in [0.2, 0.25) is 0 Å². The Labute approximate surface area is 244 Å². The number of carboxylic acid groups (broad SMARTS) is 1. The first-order chi connectivity index (χ1) is 19.3. The summed E-state index contributed by atoms with van der Waals surface area (Å²) >= 11 is 6.19. The summed E-state index contributed by atoms with van der Waals surface area (Å²) in [5.41, 5.74) is -1.67. The largest absolute Gasteiger partial charge is 0.486 e. The first kappa shape index (κ1) is 31.5. The molecule has 1 aromatic carbocycles. The number of benzene rings is 1. The van der Waals surface area contributed by atoms with E-state index < -0.39 is 57.3 Å². The summed E-state index contributed by atoms with van der Waals surface area (Å²) in [5.74, 6) is -0.0248. The van der Waals surface area contributed by atoms with Gasteiger partial charge in [-0.3, -0.25) is 13.9 Å². The zero-order valence-corrected chi connectivity index (χ0v) is 24.8. The fraction of sp³-hybridized carbons (Fsp3) is 0.542. The lowest BCUT2D eigenvalue weighted by molar-refractivity contribution is -0.175. The summed E-state index contributed by atoms with van der Waals surface area (Å²) in [4.78, 5) is 28.2. The Bertz CT molecular complexity index is 1500. The number of carbonyl (C=O) groups excluding carboxylic acids is 1. The van der Waals surface area contributed by atoms with E-state index >= 15 is 0 Å². The van der Waals surface area contributed by atoms with Crippen molar-refractivity contribution in [3.63, 3.8) is 0 Å². The fourth-order valence-electron chi connectivity index (χ4n) is 4.75. The zero-order chi connectivity index (χ0) is 31.4. The van der Waals surface area contributed by atoms with Crippen molar-refractivity contribution in [2.24, 2.45) is 5.41 Å². The van der Waals surface area contributed by atoms with E-state index in [4.69, 9.17) is 21.2 Å². The number of fused-ring (bicyclic) bond motifs is 1. The second-order valence-electron chi connectivity index (χ2n) is 11.0. The molecule has 0 aliphatic carbocycles. The lowest BCUT2D eigenvalue weighted by Crippen LogP contribution is -2.57. The number of nitrogens with zero attached hydrogens (tertiary/aromatic N) is 4. The molecule has 0 radical (unpaired) electrons. The van der Waals surface area contributed by atoms with Crippen LogP contribution in [0.15, 0.2) is 29.3 Å². The smallest absolute Gasteiger partial charge is 0.427 e. The van der Waals surface area contributed by atoms with Crippen LogP contribution in [0.25, 0.3) is 0 Å². The predicted molar refractivity (Wildman–Crippen MR) is 144 cm³/mol. The van der Waals surface area contributed by atoms with Gasteiger partial charge >= 0.3 is 18.4 Å². The van der Waals surface area contributed by atoms with Crippen LogP contribution < -0.4 is 24.7 Å². The number of amides is 2. The van der Waals surface area contributed by atoms with Crippen LogP contribution >= 0.6 is 11.6 Å². The van der Waals surface area contributed by atoms with Crippen molar-refractivity contribution in [3.05, 3.63) is 29.5 Å². The van der Waals surface area contributed by atoms with Gasteiger partial charge in [0.15, 0.2) is 5.15 Å². The van der Waals surface area contributed by atoms with Crippen molar-refractivity contribution < 1.29 is 45.9 Å². The topological polar surface area (TPSA) is 155 Å². The Morgan fingerprint density at radius 3 is 2.45 bits per heavy atom. The molecule has 2 amide bonds. The monoisotopic (exact) mass is 638 g/mol. The van der Waals surface area contributed by atoms with E-state index in [1.54, 1.807) is 20.8 Å². The highest BCUT2D eigenvalue weighted by atomic mass is 35.5. The van der Waals surface area contributed by atoms with Gasteiger partial charge < -0.3 is 20.0 Å². The van der Waals surface area contributed by atoms with Crippen LogP contribution in [0.1, 0.15) is 41.0 Å². The molecule has 4 rings (SSSR count). The third-order valence-corrected chi connectivity index (χ3v) is 9.39. The summed E-state index contributed by atoms with van der Waals surface area (Å²) in [7, 11) is -4.50. The van der Waals surface area contributed by atoms with Crippen molar-refractivity contribution in [1.82, 2.24) is 20.6 Å². The first-order valence-electron chi connectivity index (χ1n) is 12.7. The number of ether oxygens (including phenoxy) is 1. The molecule has 2 aliphatic rings. The molecule has 2 atom stereocenters. The Morgan fingerprint density at radius 2 is 1.93 bits per heavy atom. The number of anilines is 2. The molecule has 0 spiro atoms. The molecule has 0 bridgehead atoms. The van der Waals surface area contributed by atoms with Gasteiger partial charge in [0, 0.05) is 18.2 Å². The fourth-order valence-corrected chi connectivity index (χ4v) is 6.70. The van der Waals surface area contributed by atoms with Crippen molar-refractivity contribution in [1.29, 1.82) is 0 Å². The van der Waals surface area contributed by atoms with Crippen molar-refractivity contribution in [2.45, 2.75) is 76.5 Å². The van der Waals surface area contributed by atoms with Crippen molar-refractivity contribution >= 4 is 45.2 Å². The number of carbonyl (C=O) groups is 2. The van der Waals surface area contributed by atoms with E-state index in [9.17, 15) is 36.3 Å². The van der Waals surface area contributed by atoms with E-state index in [0.717, 1.165) is 16.4 Å². The highest BCUT2D eigenvalue weighted by molar-refractivity contribution is 7.93. The van der Waals surface area contributed by atoms with Gasteiger partial charge in [-0.1, -0.05) is 25.4 Å². The molecule has 2 aliphatic heterocycles. The van der Waals surface area contributed by atoms with Gasteiger partial charge in [0.25, 0.3) is 10.0 Å². The van der Waals surface area contributed by atoms with Gasteiger partial charge in [0.1, 0.15) is 28.5 Å². The molecule has 3 heterocycles. The van der Waals surface area contributed by atoms with Gasteiger partial charge in [-0.25, -0.2) is 18.0 Å². The Balaban J connectivity index is 1.82. The molecule has 42 heavy (non-hydrogen) atoms. The van der Waals surface area contributed by atoms with Crippen LogP contribution in [-0.2, 0) is 21.4 Å². The highest BCUT2D eigenvalue weighted by Gasteiger charge is 2.54. The summed E-state index contributed by atoms with van der Waals surface area (Å²) in [6.45, 7) is 6.66. The Kier molecular flexibility index (Phi) is 8.01. The van der Waals surface area contributed by atoms with Crippen LogP contribution in [-0.4, -0.2) is 66.0 Å². The normalized spacial score (nSPS) is 19.5. The molecule has 13 nitrogen and oxygen atoms in total. The maximum atomic E-state index is 14.0. The van der Waals surface area contributed by atoms with Gasteiger partial charge in [-0.2, -0.15) is 18.3 Å². The average molecular weight is 639 g/mol. The number of hydrogen-bond donors (Lipinski definition) is 3. The number of aromatic nitrogens is 2. The second-order valence-corrected chi connectivity index (χ2v) is 13.2. The first-order valence-corrected chi connectivity index (χ1v) is 14.5. The second kappa shape index (κ2) is 10.7. The predicted octanol–water partition coefficient (Wildman–Crippen LogP) is 4.32. The number of sulfonamides is 1. The van der Waals surface area contributed by atoms with E-state index in [0.29, 0.717) is 20.4 Å². The van der Waals surface area contributed by atoms with Crippen LogP contribution in [0.2, 0.25) is 5.15 Å². The van der Waals surface area contributed by atoms with Crippen molar-refractivity contribution in [3.8, 4) is 5.75 Å². The lowest BCUT2D eigenvalue weighted by atomic mass is 9.83. The van der Waals surface area contributed by atoms with Crippen LogP contribution in [0.3, 0.4) is 0 Å². The van der Waals surface area contributed by atoms with E-state index in [2.05, 4.69) is 15.9 Å². The Morgan fingerprint density at radius 1 is 1.26 bits per heavy atom. The number of rotatable bonds is 8. The molecule has 0 saturated carbocycles. The van der Waals surface area contributed by atoms with Gasteiger partial charge in [-0.15, -0.1) is 5.48 Å². The standard InChI is InChI=1S/C24H30ClF3N6O7S/c1-6-32-12-17(18(25)30-32)42(38,39)33-11-14(10-22(2,3)19-29-20(35)41-31-19)40-16-8-7-13(9-15(16)33)34(21(36)37)23(4,5)24(26,27)28/h7-9,12,14,19,31H,6,10-11H2,1-5H3,(H,29,35)(H,36,37)/t14-,19?/m1/s1. The highest BCUT2D eigenvalue weighted by Crippen LogP contribution is 2.45. The van der Waals surface area contributed by atoms with E-state index in [1.165, 1.54) is 16.9 Å². The molecule has 18 heteroatoms. The maximum absolute atomic E-state index is 14.0. The van der Waals surface area contributed by atoms with Crippen LogP contribution in [0, 0.1) is 5.41 Å². The van der Waals surface area contributed by atoms with Gasteiger partial charge in [-0.05, 0) is 45.4 Å². The van der Waals surface area contributed by atoms with Gasteiger partial charge in [0.05, 0.1) is 17.9 Å². The van der Waals surface area contributed by atoms with Crippen LogP contribution in [0.5, 0.6) is 5.75 Å². The molecular formula is C24H30ClF3N6O7S. The molecular weight excluding hydrogens is 609 g/mol. The third-order valence-electron chi connectivity index (χ3n) is 7.22. The molecule has 1 aromatic heterocycles. The molecule has 3 N–H and O–H groups in total. The minimum atomic E-state index is -4.96. The van der Waals surface area contributed by atoms with Crippen LogP contribution in [0.4, 0.5) is 34.1 Å². The quantitative estimate of drug-likeness (QED) is 0.383. The zero-order valence-electron chi connectivity index (χ0n) is 23.2. The minimum Gasteiger partial charge on any atom is -0.486 e. The van der Waals surface area contributed by atoms with Crippen molar-refractivity contribution in [2.75, 3.05) is 15.7 Å². The SMILES string of the molecule is CCn1cc(S(=O)(=O)N2C[C@@H](CC(C)(C)C3NOC(=O)N3)Oc3ccc(N(C(=O)O)C(C)(C)C(F)(F)F)cc32)c(Cl)n1. The summed E-state index contributed by atoms with van der Waals surface area (Å²) in [6.07, 6.45) is -7.62. The summed E-state index contributed by atoms with van der Waals surface area (Å²) in [5, 5.41) is 16.0. The Hall–Kier alpha value is -3.44. The molecule has 1 fully saturated rings. The third kappa shape index (κ3) is 5.64. The molecule has 1 saturated heterocycles. The minimum absolute atomic E-state index is 0.0248. The molecule has 2 aromatic rings. The maximum Gasteiger partial charge on any atom is 0.427 e. The average Bonchev–Trinajstić information content (AvgIpc) is 3.48. The molecule has 1 unspecified atom stereocenters. The number of hydroxylamine groups is 1. The molecule has 232 valence electrons. The number of hydrogen-bond acceptors (Lipinski definition) is 8.